The van der Waals surface area contributed by atoms with Crippen molar-refractivity contribution < 1.29 is 61.1 Å². The fraction of sp³-hybridized carbons (Fsp3) is 0.312. The zero-order valence-corrected chi connectivity index (χ0v) is 20.5. The third-order valence-corrected chi connectivity index (χ3v) is 8.47. The molecule has 0 spiro atoms. The summed E-state index contributed by atoms with van der Waals surface area (Å²) < 4.78 is 52.1. The first kappa shape index (κ1) is 28.5. The van der Waals surface area contributed by atoms with Crippen LogP contribution in [0, 0.1) is 0 Å². The molecular formula is C16H20N3O14P3. The van der Waals surface area contributed by atoms with Gasteiger partial charge in [-0.1, -0.05) is 24.3 Å². The fourth-order valence-corrected chi connectivity index (χ4v) is 6.19. The van der Waals surface area contributed by atoms with Crippen LogP contribution in [0.1, 0.15) is 23.0 Å². The summed E-state index contributed by atoms with van der Waals surface area (Å²) in [6.07, 6.45) is -2.10. The van der Waals surface area contributed by atoms with Crippen molar-refractivity contribution in [1.29, 1.82) is 0 Å². The van der Waals surface area contributed by atoms with Gasteiger partial charge in [0.1, 0.15) is 24.4 Å². The number of hydrogen-bond acceptors (Lipinski definition) is 12. The average Bonchev–Trinajstić information content (AvgIpc) is 3.10. The van der Waals surface area contributed by atoms with E-state index in [4.69, 9.17) is 20.3 Å². The molecule has 0 radical (unpaired) electrons. The molecule has 0 bridgehead atoms. The molecule has 1 aliphatic heterocycles. The van der Waals surface area contributed by atoms with E-state index >= 15 is 0 Å². The number of nitrogens with zero attached hydrogens (tertiary/aromatic N) is 2. The zero-order valence-electron chi connectivity index (χ0n) is 17.8. The number of benzene rings is 1. The van der Waals surface area contributed by atoms with Gasteiger partial charge in [0.2, 0.25) is 0 Å². The first-order chi connectivity index (χ1) is 16.6. The van der Waals surface area contributed by atoms with Gasteiger partial charge < -0.3 is 35.2 Å². The molecule has 1 aromatic heterocycles. The summed E-state index contributed by atoms with van der Waals surface area (Å²) in [6.45, 7) is -0.904. The topological polar surface area (TPSA) is 267 Å². The van der Waals surface area contributed by atoms with Crippen molar-refractivity contribution in [3.05, 3.63) is 46.5 Å². The number of aliphatic hydroxyl groups excluding tert-OH is 1. The second-order valence-corrected chi connectivity index (χ2v) is 11.7. The van der Waals surface area contributed by atoms with Crippen molar-refractivity contribution in [2.75, 3.05) is 12.3 Å². The third kappa shape index (κ3) is 7.46. The average molecular weight is 571 g/mol. The van der Waals surface area contributed by atoms with Gasteiger partial charge in [0.25, 0.3) is 0 Å². The van der Waals surface area contributed by atoms with Crippen LogP contribution in [-0.2, 0) is 31.6 Å². The Morgan fingerprint density at radius 3 is 2.33 bits per heavy atom. The first-order valence-electron chi connectivity index (χ1n) is 9.65. The number of rotatable bonds is 10. The molecule has 0 saturated carbocycles. The fourth-order valence-electron chi connectivity index (χ4n) is 3.16. The molecule has 2 aromatic rings. The molecule has 36 heavy (non-hydrogen) atoms. The highest BCUT2D eigenvalue weighted by Crippen LogP contribution is 2.66. The molecule has 20 heteroatoms. The van der Waals surface area contributed by atoms with Gasteiger partial charge in [-0.05, 0) is 5.56 Å². The molecule has 1 aliphatic rings. The molecule has 1 aromatic carbocycles. The molecule has 5 atom stereocenters. The normalized spacial score (nSPS) is 23.6. The van der Waals surface area contributed by atoms with Crippen LogP contribution < -0.4 is 11.4 Å². The number of carbonyl (C=O) groups excluding carboxylic acids is 1. The number of carbonyl (C=O) groups is 1. The Morgan fingerprint density at radius 1 is 1.11 bits per heavy atom. The Bertz CT molecular complexity index is 1330. The number of nitrogen functional groups attached to an aromatic ring is 1. The van der Waals surface area contributed by atoms with Crippen LogP contribution in [-0.4, -0.2) is 59.3 Å². The highest BCUT2D eigenvalue weighted by molar-refractivity contribution is 7.66. The summed E-state index contributed by atoms with van der Waals surface area (Å²) in [4.78, 5) is 62.8. The number of anilines is 1. The Balaban J connectivity index is 1.72. The van der Waals surface area contributed by atoms with Gasteiger partial charge in [-0.2, -0.15) is 13.6 Å². The third-order valence-electron chi connectivity index (χ3n) is 4.67. The molecule has 1 fully saturated rings. The van der Waals surface area contributed by atoms with Crippen LogP contribution in [0.15, 0.2) is 35.3 Å². The Kier molecular flexibility index (Phi) is 8.47. The number of hydrogen-bond donors (Lipinski definition) is 6. The van der Waals surface area contributed by atoms with Crippen LogP contribution >= 0.6 is 23.5 Å². The summed E-state index contributed by atoms with van der Waals surface area (Å²) in [7, 11) is -16.7. The van der Waals surface area contributed by atoms with Crippen molar-refractivity contribution in [1.82, 2.24) is 9.55 Å². The predicted molar refractivity (Wildman–Crippen MR) is 118 cm³/mol. The molecule has 198 valence electrons. The number of aromatic nitrogens is 2. The SMILES string of the molecule is Nc1nc(=O)n([C@H]2C[C@H](O)[C@@H](COP(=O)(O)OP(=O)(O)OP(=O)(O)O)O2)cc1-c1ccc(C=O)cc1. The van der Waals surface area contributed by atoms with Crippen LogP contribution in [0.25, 0.3) is 11.1 Å². The number of ether oxygens (including phenoxy) is 1. The summed E-state index contributed by atoms with van der Waals surface area (Å²) in [5.41, 5.74) is 6.24. The first-order valence-corrected chi connectivity index (χ1v) is 14.2. The number of phosphoric acid groups is 3. The minimum absolute atomic E-state index is 0.113. The number of aldehydes is 1. The van der Waals surface area contributed by atoms with Crippen molar-refractivity contribution in [2.24, 2.45) is 0 Å². The van der Waals surface area contributed by atoms with Gasteiger partial charge in [0.05, 0.1) is 12.7 Å². The Hall–Kier alpha value is -2.10. The smallest absolute Gasteiger partial charge is 0.390 e. The molecule has 7 N–H and O–H groups in total. The van der Waals surface area contributed by atoms with Crippen molar-refractivity contribution in [3.8, 4) is 11.1 Å². The van der Waals surface area contributed by atoms with Crippen LogP contribution in [0.2, 0.25) is 0 Å². The zero-order chi connectivity index (χ0) is 26.9. The highest BCUT2D eigenvalue weighted by Gasteiger charge is 2.43. The van der Waals surface area contributed by atoms with Crippen molar-refractivity contribution in [3.63, 3.8) is 0 Å². The van der Waals surface area contributed by atoms with E-state index in [-0.39, 0.29) is 12.2 Å². The monoisotopic (exact) mass is 571 g/mol. The van der Waals surface area contributed by atoms with Crippen LogP contribution in [0.3, 0.4) is 0 Å². The second kappa shape index (κ2) is 10.7. The molecule has 3 rings (SSSR count). The van der Waals surface area contributed by atoms with E-state index in [9.17, 15) is 38.2 Å². The largest absolute Gasteiger partial charge is 0.490 e. The summed E-state index contributed by atoms with van der Waals surface area (Å²) in [5, 5.41) is 10.2. The van der Waals surface area contributed by atoms with Crippen LogP contribution in [0.4, 0.5) is 5.82 Å². The lowest BCUT2D eigenvalue weighted by Gasteiger charge is -2.19. The van der Waals surface area contributed by atoms with E-state index in [1.54, 1.807) is 12.1 Å². The summed E-state index contributed by atoms with van der Waals surface area (Å²) in [5.74, 6) is -0.113. The molecule has 2 unspecified atom stereocenters. The maximum Gasteiger partial charge on any atom is 0.490 e. The summed E-state index contributed by atoms with van der Waals surface area (Å²) in [6, 6.07) is 6.18. The minimum atomic E-state index is -5.71. The van der Waals surface area contributed by atoms with Crippen molar-refractivity contribution >= 4 is 35.6 Å². The van der Waals surface area contributed by atoms with Gasteiger partial charge >= 0.3 is 29.2 Å². The quantitative estimate of drug-likeness (QED) is 0.165. The van der Waals surface area contributed by atoms with Crippen LogP contribution in [0.5, 0.6) is 0 Å². The van der Waals surface area contributed by atoms with Gasteiger partial charge in [-0.15, -0.1) is 0 Å². The molecular weight excluding hydrogens is 551 g/mol. The van der Waals surface area contributed by atoms with Crippen molar-refractivity contribution in [2.45, 2.75) is 24.9 Å². The van der Waals surface area contributed by atoms with Gasteiger partial charge in [-0.3, -0.25) is 13.9 Å². The molecule has 0 aliphatic carbocycles. The molecule has 17 nitrogen and oxygen atoms in total. The number of phosphoric ester groups is 1. The highest BCUT2D eigenvalue weighted by atomic mass is 31.3. The van der Waals surface area contributed by atoms with E-state index in [2.05, 4.69) is 18.1 Å². The minimum Gasteiger partial charge on any atom is -0.390 e. The maximum absolute atomic E-state index is 12.4. The second-order valence-electron chi connectivity index (χ2n) is 7.29. The van der Waals surface area contributed by atoms with E-state index < -0.39 is 54.2 Å². The predicted octanol–water partition coefficient (Wildman–Crippen LogP) is 0.297. The Morgan fingerprint density at radius 2 is 1.75 bits per heavy atom. The Labute approximate surface area is 201 Å². The lowest BCUT2D eigenvalue weighted by atomic mass is 10.1. The van der Waals surface area contributed by atoms with E-state index in [1.807, 2.05) is 0 Å². The van der Waals surface area contributed by atoms with Gasteiger partial charge in [0.15, 0.2) is 0 Å². The lowest BCUT2D eigenvalue weighted by Crippen LogP contribution is -2.29. The van der Waals surface area contributed by atoms with E-state index in [0.717, 1.165) is 4.57 Å². The molecule has 1 saturated heterocycles. The number of aliphatic hydroxyl groups is 1. The van der Waals surface area contributed by atoms with Gasteiger partial charge in [0, 0.05) is 23.7 Å². The van der Waals surface area contributed by atoms with E-state index in [0.29, 0.717) is 23.0 Å². The molecule has 0 amide bonds. The van der Waals surface area contributed by atoms with E-state index in [1.165, 1.54) is 18.3 Å². The maximum atomic E-state index is 12.4. The summed E-state index contributed by atoms with van der Waals surface area (Å²) >= 11 is 0. The van der Waals surface area contributed by atoms with Gasteiger partial charge in [-0.25, -0.2) is 18.5 Å². The standard InChI is InChI=1S/C16H20N3O14P3/c17-15-11(10-3-1-9(7-20)2-4-10)6-19(16(22)18-15)14-5-12(21)13(31-14)8-30-35(26,27)33-36(28,29)32-34(23,24)25/h1-4,6-7,12-14,21H,5,8H2,(H,26,27)(H,28,29)(H2,17,18,22)(H2,23,24,25)/t12-,13+,14+/m0/s1. The number of nitrogens with two attached hydrogens (primary N) is 1. The lowest BCUT2D eigenvalue weighted by molar-refractivity contribution is -0.0449. The molecule has 2 heterocycles.